The first kappa shape index (κ1) is 10.9. The molecule has 12 heavy (non-hydrogen) atoms. The molecule has 0 aromatic rings. The summed E-state index contributed by atoms with van der Waals surface area (Å²) in [6.07, 6.45) is 2.62. The zero-order valence-corrected chi connectivity index (χ0v) is 7.34. The molecule has 0 saturated heterocycles. The number of aliphatic carboxylic acids is 1. The van der Waals surface area contributed by atoms with Crippen LogP contribution in [-0.4, -0.2) is 23.7 Å². The van der Waals surface area contributed by atoms with Gasteiger partial charge in [0.05, 0.1) is 0 Å². The average Bonchev–Trinajstić information content (AvgIpc) is 2.00. The standard InChI is InChI=1S/C9H15NO2/c1-4-5-8(3)10-6-7(2)9(11)12/h4,8,10H,1-2,5-6H2,3H3,(H,11,12). The second-order valence-corrected chi connectivity index (χ2v) is 2.72. The summed E-state index contributed by atoms with van der Waals surface area (Å²) < 4.78 is 0. The second kappa shape index (κ2) is 5.55. The molecule has 1 atom stereocenters. The van der Waals surface area contributed by atoms with Crippen LogP contribution in [0.4, 0.5) is 0 Å². The number of rotatable bonds is 6. The Balaban J connectivity index is 3.60. The van der Waals surface area contributed by atoms with Gasteiger partial charge in [0.15, 0.2) is 0 Å². The van der Waals surface area contributed by atoms with Crippen LogP contribution in [0.3, 0.4) is 0 Å². The number of carboxylic acid groups (broad SMARTS) is 1. The minimum atomic E-state index is -0.951. The maximum atomic E-state index is 10.3. The fourth-order valence-corrected chi connectivity index (χ4v) is 0.706. The first-order valence-electron chi connectivity index (χ1n) is 3.83. The zero-order valence-electron chi connectivity index (χ0n) is 7.34. The van der Waals surface area contributed by atoms with Crippen molar-refractivity contribution in [3.05, 3.63) is 24.8 Å². The molecule has 68 valence electrons. The van der Waals surface area contributed by atoms with Gasteiger partial charge in [0.2, 0.25) is 0 Å². The molecule has 0 bridgehead atoms. The molecule has 0 fully saturated rings. The van der Waals surface area contributed by atoms with Crippen LogP contribution in [0, 0.1) is 0 Å². The molecule has 0 aliphatic rings. The molecule has 3 heteroatoms. The molecular weight excluding hydrogens is 154 g/mol. The van der Waals surface area contributed by atoms with Gasteiger partial charge in [-0.3, -0.25) is 0 Å². The third-order valence-corrected chi connectivity index (χ3v) is 1.49. The van der Waals surface area contributed by atoms with E-state index in [4.69, 9.17) is 5.11 Å². The van der Waals surface area contributed by atoms with Gasteiger partial charge in [-0.25, -0.2) is 4.79 Å². The van der Waals surface area contributed by atoms with Gasteiger partial charge in [-0.2, -0.15) is 0 Å². The molecule has 0 saturated carbocycles. The quantitative estimate of drug-likeness (QED) is 0.463. The number of carboxylic acids is 1. The van der Waals surface area contributed by atoms with Crippen molar-refractivity contribution >= 4 is 5.97 Å². The van der Waals surface area contributed by atoms with E-state index in [2.05, 4.69) is 18.5 Å². The average molecular weight is 169 g/mol. The van der Waals surface area contributed by atoms with E-state index in [1.54, 1.807) is 6.08 Å². The number of nitrogens with one attached hydrogen (secondary N) is 1. The summed E-state index contributed by atoms with van der Waals surface area (Å²) in [5, 5.41) is 11.5. The maximum Gasteiger partial charge on any atom is 0.332 e. The van der Waals surface area contributed by atoms with Crippen molar-refractivity contribution in [2.24, 2.45) is 0 Å². The van der Waals surface area contributed by atoms with E-state index in [1.165, 1.54) is 0 Å². The zero-order chi connectivity index (χ0) is 9.56. The van der Waals surface area contributed by atoms with E-state index in [1.807, 2.05) is 6.92 Å². The molecule has 0 aromatic carbocycles. The Labute approximate surface area is 72.8 Å². The molecule has 3 nitrogen and oxygen atoms in total. The van der Waals surface area contributed by atoms with Crippen molar-refractivity contribution in [3.63, 3.8) is 0 Å². The summed E-state index contributed by atoms with van der Waals surface area (Å²) >= 11 is 0. The Morgan fingerprint density at radius 2 is 2.33 bits per heavy atom. The van der Waals surface area contributed by atoms with Crippen LogP contribution in [-0.2, 0) is 4.79 Å². The van der Waals surface area contributed by atoms with Gasteiger partial charge in [0.1, 0.15) is 0 Å². The SMILES string of the molecule is C=CCC(C)NCC(=C)C(=O)O. The van der Waals surface area contributed by atoms with Crippen molar-refractivity contribution in [1.82, 2.24) is 5.32 Å². The molecule has 0 radical (unpaired) electrons. The molecule has 0 aromatic heterocycles. The van der Waals surface area contributed by atoms with Crippen LogP contribution >= 0.6 is 0 Å². The van der Waals surface area contributed by atoms with Crippen LogP contribution in [0.2, 0.25) is 0 Å². The lowest BCUT2D eigenvalue weighted by Gasteiger charge is -2.10. The minimum absolute atomic E-state index is 0.186. The molecule has 0 amide bonds. The highest BCUT2D eigenvalue weighted by Crippen LogP contribution is 1.93. The molecule has 2 N–H and O–H groups in total. The highest BCUT2D eigenvalue weighted by atomic mass is 16.4. The van der Waals surface area contributed by atoms with Crippen molar-refractivity contribution in [3.8, 4) is 0 Å². The van der Waals surface area contributed by atoms with E-state index in [9.17, 15) is 4.79 Å². The normalized spacial score (nSPS) is 12.1. The van der Waals surface area contributed by atoms with E-state index in [0.29, 0.717) is 6.54 Å². The van der Waals surface area contributed by atoms with Crippen LogP contribution in [0.5, 0.6) is 0 Å². The largest absolute Gasteiger partial charge is 0.478 e. The Kier molecular flexibility index (Phi) is 5.04. The lowest BCUT2D eigenvalue weighted by molar-refractivity contribution is -0.132. The molecule has 0 heterocycles. The van der Waals surface area contributed by atoms with Gasteiger partial charge in [-0.1, -0.05) is 12.7 Å². The molecule has 0 aliphatic heterocycles. The summed E-state index contributed by atoms with van der Waals surface area (Å²) in [6, 6.07) is 0.249. The van der Waals surface area contributed by atoms with E-state index >= 15 is 0 Å². The van der Waals surface area contributed by atoms with E-state index in [-0.39, 0.29) is 11.6 Å². The fraction of sp³-hybridized carbons (Fsp3) is 0.444. The number of hydrogen-bond donors (Lipinski definition) is 2. The number of carbonyl (C=O) groups is 1. The maximum absolute atomic E-state index is 10.3. The third kappa shape index (κ3) is 4.68. The Morgan fingerprint density at radius 1 is 1.75 bits per heavy atom. The van der Waals surface area contributed by atoms with E-state index in [0.717, 1.165) is 6.42 Å². The molecule has 0 spiro atoms. The van der Waals surface area contributed by atoms with Gasteiger partial charge in [-0.05, 0) is 13.3 Å². The van der Waals surface area contributed by atoms with Crippen molar-refractivity contribution in [2.45, 2.75) is 19.4 Å². The van der Waals surface area contributed by atoms with Crippen LogP contribution in [0.15, 0.2) is 24.8 Å². The van der Waals surface area contributed by atoms with Gasteiger partial charge >= 0.3 is 5.97 Å². The lowest BCUT2D eigenvalue weighted by atomic mass is 10.2. The highest BCUT2D eigenvalue weighted by Gasteiger charge is 2.04. The Morgan fingerprint density at radius 3 is 2.75 bits per heavy atom. The molecule has 0 rings (SSSR count). The lowest BCUT2D eigenvalue weighted by Crippen LogP contribution is -2.28. The molecule has 1 unspecified atom stereocenters. The topological polar surface area (TPSA) is 49.3 Å². The summed E-state index contributed by atoms with van der Waals surface area (Å²) in [5.74, 6) is -0.951. The monoisotopic (exact) mass is 169 g/mol. The Bertz CT molecular complexity index is 187. The smallest absolute Gasteiger partial charge is 0.332 e. The van der Waals surface area contributed by atoms with Crippen molar-refractivity contribution in [2.75, 3.05) is 6.54 Å². The minimum Gasteiger partial charge on any atom is -0.478 e. The van der Waals surface area contributed by atoms with Gasteiger partial charge in [0, 0.05) is 18.2 Å². The first-order chi connectivity index (χ1) is 5.57. The van der Waals surface area contributed by atoms with Crippen LogP contribution in [0.25, 0.3) is 0 Å². The van der Waals surface area contributed by atoms with Crippen LogP contribution in [0.1, 0.15) is 13.3 Å². The van der Waals surface area contributed by atoms with Gasteiger partial charge < -0.3 is 10.4 Å². The van der Waals surface area contributed by atoms with Gasteiger partial charge in [0.25, 0.3) is 0 Å². The predicted octanol–water partition coefficient (Wildman–Crippen LogP) is 1.18. The predicted molar refractivity (Wildman–Crippen MR) is 49.1 cm³/mol. The Hall–Kier alpha value is -1.09. The highest BCUT2D eigenvalue weighted by molar-refractivity contribution is 5.86. The number of hydrogen-bond acceptors (Lipinski definition) is 2. The third-order valence-electron chi connectivity index (χ3n) is 1.49. The summed E-state index contributed by atoms with van der Waals surface area (Å²) in [7, 11) is 0. The van der Waals surface area contributed by atoms with Crippen molar-refractivity contribution in [1.29, 1.82) is 0 Å². The molecule has 0 aliphatic carbocycles. The second-order valence-electron chi connectivity index (χ2n) is 2.72. The van der Waals surface area contributed by atoms with E-state index < -0.39 is 5.97 Å². The summed E-state index contributed by atoms with van der Waals surface area (Å²) in [5.41, 5.74) is 0.186. The molecular formula is C9H15NO2. The fourth-order valence-electron chi connectivity index (χ4n) is 0.706. The summed E-state index contributed by atoms with van der Waals surface area (Å²) in [4.78, 5) is 10.3. The first-order valence-corrected chi connectivity index (χ1v) is 3.83. The van der Waals surface area contributed by atoms with Crippen LogP contribution < -0.4 is 5.32 Å². The van der Waals surface area contributed by atoms with Gasteiger partial charge in [-0.15, -0.1) is 6.58 Å². The summed E-state index contributed by atoms with van der Waals surface area (Å²) in [6.45, 7) is 9.28. The van der Waals surface area contributed by atoms with Crippen molar-refractivity contribution < 1.29 is 9.90 Å².